The first-order chi connectivity index (χ1) is 8.59. The first kappa shape index (κ1) is 14.6. The van der Waals surface area contributed by atoms with Gasteiger partial charge in [-0.3, -0.25) is 0 Å². The predicted octanol–water partition coefficient (Wildman–Crippen LogP) is 4.76. The summed E-state index contributed by atoms with van der Waals surface area (Å²) in [7, 11) is 0.800. The summed E-state index contributed by atoms with van der Waals surface area (Å²) in [6.07, 6.45) is 5.93. The highest BCUT2D eigenvalue weighted by Gasteiger charge is 2.13. The van der Waals surface area contributed by atoms with Crippen molar-refractivity contribution in [1.82, 2.24) is 0 Å². The SMILES string of the molecule is [O-]C(=PC1CCCCC1)c1c(Cl)ccc(Cl)c1Cl. The number of rotatable bonds is 2. The van der Waals surface area contributed by atoms with Crippen molar-refractivity contribution in [3.8, 4) is 0 Å². The van der Waals surface area contributed by atoms with Crippen molar-refractivity contribution < 1.29 is 5.11 Å². The Labute approximate surface area is 124 Å². The molecule has 1 aliphatic rings. The predicted molar refractivity (Wildman–Crippen MR) is 79.4 cm³/mol. The van der Waals surface area contributed by atoms with E-state index in [9.17, 15) is 5.11 Å². The van der Waals surface area contributed by atoms with E-state index in [1.807, 2.05) is 0 Å². The lowest BCUT2D eigenvalue weighted by Crippen LogP contribution is -2.20. The van der Waals surface area contributed by atoms with E-state index in [0.717, 1.165) is 21.0 Å². The van der Waals surface area contributed by atoms with Gasteiger partial charge in [0.2, 0.25) is 0 Å². The largest absolute Gasteiger partial charge is 0.823 e. The molecule has 0 N–H and O–H groups in total. The highest BCUT2D eigenvalue weighted by atomic mass is 35.5. The maximum Gasteiger partial charge on any atom is 0.0672 e. The van der Waals surface area contributed by atoms with Gasteiger partial charge < -0.3 is 5.11 Å². The summed E-state index contributed by atoms with van der Waals surface area (Å²) in [6, 6.07) is 3.24. The van der Waals surface area contributed by atoms with Crippen LogP contribution in [0.15, 0.2) is 12.1 Å². The van der Waals surface area contributed by atoms with Crippen molar-refractivity contribution in [1.29, 1.82) is 0 Å². The molecule has 2 rings (SSSR count). The van der Waals surface area contributed by atoms with Crippen LogP contribution in [0.1, 0.15) is 37.7 Å². The lowest BCUT2D eigenvalue weighted by Gasteiger charge is -2.23. The molecule has 0 aromatic heterocycles. The van der Waals surface area contributed by atoms with Gasteiger partial charge in [-0.25, -0.2) is 0 Å². The van der Waals surface area contributed by atoms with Crippen molar-refractivity contribution in [2.24, 2.45) is 0 Å². The van der Waals surface area contributed by atoms with Crippen LogP contribution in [0.5, 0.6) is 0 Å². The molecule has 0 spiro atoms. The fourth-order valence-electron chi connectivity index (χ4n) is 2.16. The minimum Gasteiger partial charge on any atom is -0.823 e. The Hall–Kier alpha value is 0.220. The average molecular weight is 323 g/mol. The zero-order valence-corrected chi connectivity index (χ0v) is 12.9. The molecule has 0 unspecified atom stereocenters. The van der Waals surface area contributed by atoms with E-state index in [4.69, 9.17) is 34.8 Å². The van der Waals surface area contributed by atoms with Crippen LogP contribution >= 0.6 is 43.0 Å². The van der Waals surface area contributed by atoms with Crippen molar-refractivity contribution in [2.45, 2.75) is 37.8 Å². The fraction of sp³-hybridized carbons (Fsp3) is 0.462. The molecule has 0 radical (unpaired) electrons. The molecule has 1 aliphatic carbocycles. The summed E-state index contributed by atoms with van der Waals surface area (Å²) in [4.78, 5) is 0. The average Bonchev–Trinajstić information content (AvgIpc) is 2.36. The molecule has 1 fully saturated rings. The summed E-state index contributed by atoms with van der Waals surface area (Å²) >= 11 is 18.0. The van der Waals surface area contributed by atoms with E-state index in [2.05, 4.69) is 0 Å². The van der Waals surface area contributed by atoms with E-state index in [1.54, 1.807) is 12.1 Å². The van der Waals surface area contributed by atoms with Crippen LogP contribution < -0.4 is 5.11 Å². The first-order valence-electron chi connectivity index (χ1n) is 5.98. The molecular formula is C13H13Cl3OP-. The van der Waals surface area contributed by atoms with Gasteiger partial charge in [-0.05, 0) is 30.6 Å². The third kappa shape index (κ3) is 3.40. The zero-order valence-electron chi connectivity index (χ0n) is 9.76. The topological polar surface area (TPSA) is 23.1 Å². The van der Waals surface area contributed by atoms with Gasteiger partial charge in [0.1, 0.15) is 0 Å². The highest BCUT2D eigenvalue weighted by molar-refractivity contribution is 7.41. The van der Waals surface area contributed by atoms with Crippen LogP contribution in [0.3, 0.4) is 0 Å². The van der Waals surface area contributed by atoms with E-state index in [0.29, 0.717) is 21.3 Å². The van der Waals surface area contributed by atoms with E-state index >= 15 is 0 Å². The standard InChI is InChI=1S/C13H14Cl3OP/c14-9-6-7-10(15)12(16)11(9)13(17)18-8-4-2-1-3-5-8/h6-8,17H,1-5H2/p-1. The molecule has 0 heterocycles. The van der Waals surface area contributed by atoms with Gasteiger partial charge in [0, 0.05) is 10.6 Å². The van der Waals surface area contributed by atoms with Crippen LogP contribution in [0, 0.1) is 0 Å². The van der Waals surface area contributed by atoms with Crippen LogP contribution in [-0.4, -0.2) is 11.1 Å². The molecule has 1 nitrogen and oxygen atoms in total. The minimum absolute atomic E-state index is 0.0144. The van der Waals surface area contributed by atoms with E-state index in [1.165, 1.54) is 19.3 Å². The minimum atomic E-state index is -0.0144. The van der Waals surface area contributed by atoms with Crippen LogP contribution in [0.4, 0.5) is 0 Å². The lowest BCUT2D eigenvalue weighted by atomic mass is 10.0. The molecule has 0 bridgehead atoms. The molecule has 0 atom stereocenters. The molecule has 18 heavy (non-hydrogen) atoms. The molecule has 5 heteroatoms. The van der Waals surface area contributed by atoms with Crippen molar-refractivity contribution in [3.05, 3.63) is 32.8 Å². The maximum absolute atomic E-state index is 12.3. The molecule has 1 aromatic carbocycles. The Morgan fingerprint density at radius 3 is 2.33 bits per heavy atom. The van der Waals surface area contributed by atoms with Gasteiger partial charge >= 0.3 is 0 Å². The summed E-state index contributed by atoms with van der Waals surface area (Å²) in [5.41, 5.74) is 0.801. The molecular weight excluding hydrogens is 309 g/mol. The quantitative estimate of drug-likeness (QED) is 0.568. The van der Waals surface area contributed by atoms with Gasteiger partial charge in [0.15, 0.2) is 0 Å². The fourth-order valence-corrected chi connectivity index (χ4v) is 4.31. The van der Waals surface area contributed by atoms with Crippen molar-refractivity contribution in [3.63, 3.8) is 0 Å². The third-order valence-corrected chi connectivity index (χ3v) is 5.59. The summed E-state index contributed by atoms with van der Waals surface area (Å²) in [6.45, 7) is 0. The second-order valence-corrected chi connectivity index (χ2v) is 7.03. The Morgan fingerprint density at radius 1 is 1.06 bits per heavy atom. The number of hydrogen-bond donors (Lipinski definition) is 0. The van der Waals surface area contributed by atoms with Crippen molar-refractivity contribution >= 4 is 48.5 Å². The molecule has 0 aliphatic heterocycles. The second-order valence-electron chi connectivity index (χ2n) is 4.44. The molecule has 1 saturated carbocycles. The maximum atomic E-state index is 12.3. The molecule has 1 aromatic rings. The number of benzene rings is 1. The van der Waals surface area contributed by atoms with Gasteiger partial charge in [-0.1, -0.05) is 54.1 Å². The summed E-state index contributed by atoms with van der Waals surface area (Å²) in [5, 5.41) is 13.3. The smallest absolute Gasteiger partial charge is 0.0672 e. The highest BCUT2D eigenvalue weighted by Crippen LogP contribution is 2.34. The molecule has 0 saturated heterocycles. The second kappa shape index (κ2) is 6.59. The lowest BCUT2D eigenvalue weighted by molar-refractivity contribution is -0.207. The van der Waals surface area contributed by atoms with Crippen LogP contribution in [0.2, 0.25) is 15.1 Å². The molecule has 0 amide bonds. The zero-order chi connectivity index (χ0) is 13.1. The monoisotopic (exact) mass is 321 g/mol. The first-order valence-corrected chi connectivity index (χ1v) is 8.08. The Balaban J connectivity index is 2.30. The Bertz CT molecular complexity index is 468. The molecule has 98 valence electrons. The van der Waals surface area contributed by atoms with Crippen molar-refractivity contribution in [2.75, 3.05) is 0 Å². The Kier molecular flexibility index (Phi) is 5.35. The van der Waals surface area contributed by atoms with Gasteiger partial charge in [-0.2, -0.15) is 0 Å². The normalized spacial score (nSPS) is 18.1. The van der Waals surface area contributed by atoms with Gasteiger partial charge in [0.25, 0.3) is 0 Å². The van der Waals surface area contributed by atoms with Crippen LogP contribution in [0.25, 0.3) is 0 Å². The summed E-state index contributed by atoms with van der Waals surface area (Å²) in [5.74, 6) is 0. The van der Waals surface area contributed by atoms with E-state index < -0.39 is 0 Å². The summed E-state index contributed by atoms with van der Waals surface area (Å²) < 4.78 is 0. The number of halogens is 3. The third-order valence-electron chi connectivity index (χ3n) is 3.13. The Morgan fingerprint density at radius 2 is 1.67 bits per heavy atom. The van der Waals surface area contributed by atoms with E-state index in [-0.39, 0.29) is 10.5 Å². The van der Waals surface area contributed by atoms with Crippen LogP contribution in [-0.2, 0) is 0 Å². The number of hydrogen-bond acceptors (Lipinski definition) is 1. The van der Waals surface area contributed by atoms with Gasteiger partial charge in [0.05, 0.1) is 10.0 Å². The van der Waals surface area contributed by atoms with Gasteiger partial charge in [-0.15, -0.1) is 13.7 Å².